The molecular weight excluding hydrogens is 475 g/mol. The second kappa shape index (κ2) is 8.87. The molecule has 1 saturated heterocycles. The maximum Gasteiger partial charge on any atom is 0.255 e. The van der Waals surface area contributed by atoms with Gasteiger partial charge in [0.05, 0.1) is 17.5 Å². The van der Waals surface area contributed by atoms with Crippen molar-refractivity contribution in [2.45, 2.75) is 41.9 Å². The van der Waals surface area contributed by atoms with Gasteiger partial charge in [0.2, 0.25) is 0 Å². The first-order valence-corrected chi connectivity index (χ1v) is 12.0. The Hall–Kier alpha value is -3.04. The molecule has 3 aromatic rings. The van der Waals surface area contributed by atoms with E-state index in [1.165, 1.54) is 48.7 Å². The summed E-state index contributed by atoms with van der Waals surface area (Å²) in [5.41, 5.74) is 6.32. The highest BCUT2D eigenvalue weighted by Crippen LogP contribution is 2.54. The molecule has 3 heterocycles. The number of hydrogen-bond acceptors (Lipinski definition) is 6. The van der Waals surface area contributed by atoms with Crippen LogP contribution in [0.3, 0.4) is 0 Å². The summed E-state index contributed by atoms with van der Waals surface area (Å²) in [5.74, 6) is -1.06. The van der Waals surface area contributed by atoms with Crippen LogP contribution in [-0.4, -0.2) is 27.4 Å². The van der Waals surface area contributed by atoms with Gasteiger partial charge < -0.3 is 15.2 Å². The Bertz CT molecular complexity index is 1290. The number of ether oxygens (including phenoxy) is 2. The molecule has 3 atom stereocenters. The lowest BCUT2D eigenvalue weighted by Crippen LogP contribution is -2.55. The Morgan fingerprint density at radius 3 is 2.57 bits per heavy atom. The van der Waals surface area contributed by atoms with E-state index >= 15 is 4.39 Å². The summed E-state index contributed by atoms with van der Waals surface area (Å²) in [6.45, 7) is 4.01. The first kappa shape index (κ1) is 23.7. The van der Waals surface area contributed by atoms with E-state index in [2.05, 4.69) is 4.98 Å². The van der Waals surface area contributed by atoms with Crippen molar-refractivity contribution in [3.8, 4) is 11.6 Å². The van der Waals surface area contributed by atoms with Crippen molar-refractivity contribution >= 4 is 17.6 Å². The fraction of sp³-hybridized carbons (Fsp3) is 0.308. The average Bonchev–Trinajstić information content (AvgIpc) is 2.82. The molecule has 2 N–H and O–H groups in total. The SMILES string of the molecule is CC1(C)S[C@@H]2C[C@H](c3ccc(F)cc3)OC[C@]2(c2cc(Oc3ncccc3F)ccc2F)N=C1N. The van der Waals surface area contributed by atoms with Gasteiger partial charge in [0.1, 0.15) is 28.8 Å². The van der Waals surface area contributed by atoms with Crippen molar-refractivity contribution in [3.05, 3.63) is 89.4 Å². The minimum atomic E-state index is -1.12. The van der Waals surface area contributed by atoms with Crippen LogP contribution in [0.2, 0.25) is 0 Å². The molecule has 2 aliphatic heterocycles. The number of nitrogens with zero attached hydrogens (tertiary/aromatic N) is 2. The monoisotopic (exact) mass is 499 g/mol. The van der Waals surface area contributed by atoms with Crippen LogP contribution in [0.4, 0.5) is 13.2 Å². The predicted molar refractivity (Wildman–Crippen MR) is 129 cm³/mol. The number of amidine groups is 1. The molecule has 35 heavy (non-hydrogen) atoms. The van der Waals surface area contributed by atoms with Crippen molar-refractivity contribution in [1.29, 1.82) is 0 Å². The van der Waals surface area contributed by atoms with Gasteiger partial charge in [0, 0.05) is 17.0 Å². The van der Waals surface area contributed by atoms with E-state index in [1.54, 1.807) is 23.9 Å². The van der Waals surface area contributed by atoms with E-state index in [4.69, 9.17) is 20.2 Å². The summed E-state index contributed by atoms with van der Waals surface area (Å²) in [5, 5.41) is -0.204. The quantitative estimate of drug-likeness (QED) is 0.484. The van der Waals surface area contributed by atoms with Gasteiger partial charge in [-0.1, -0.05) is 12.1 Å². The third-order valence-corrected chi connectivity index (χ3v) is 8.09. The Balaban J connectivity index is 1.55. The van der Waals surface area contributed by atoms with Gasteiger partial charge in [0.15, 0.2) is 5.82 Å². The zero-order valence-corrected chi connectivity index (χ0v) is 20.0. The number of halogens is 3. The number of aliphatic imine (C=N–C) groups is 1. The lowest BCUT2D eigenvalue weighted by atomic mass is 9.81. The van der Waals surface area contributed by atoms with E-state index in [0.717, 1.165) is 5.56 Å². The lowest BCUT2D eigenvalue weighted by molar-refractivity contribution is -0.0279. The van der Waals surface area contributed by atoms with Crippen LogP contribution in [0.1, 0.15) is 37.5 Å². The third-order valence-electron chi connectivity index (χ3n) is 6.42. The Morgan fingerprint density at radius 1 is 1.06 bits per heavy atom. The first-order chi connectivity index (χ1) is 16.7. The first-order valence-electron chi connectivity index (χ1n) is 11.2. The van der Waals surface area contributed by atoms with E-state index in [1.807, 2.05) is 13.8 Å². The summed E-state index contributed by atoms with van der Waals surface area (Å²) in [4.78, 5) is 8.74. The summed E-state index contributed by atoms with van der Waals surface area (Å²) in [7, 11) is 0. The van der Waals surface area contributed by atoms with Gasteiger partial charge in [0.25, 0.3) is 5.88 Å². The van der Waals surface area contributed by atoms with Crippen molar-refractivity contribution < 1.29 is 22.6 Å². The normalized spacial score (nSPS) is 25.5. The number of benzene rings is 2. The number of thioether (sulfide) groups is 1. The molecule has 0 spiro atoms. The Labute approximate surface area is 205 Å². The van der Waals surface area contributed by atoms with Crippen molar-refractivity contribution in [1.82, 2.24) is 4.98 Å². The van der Waals surface area contributed by atoms with Gasteiger partial charge in [-0.3, -0.25) is 4.99 Å². The fourth-order valence-corrected chi connectivity index (χ4v) is 6.06. The molecule has 0 unspecified atom stereocenters. The molecule has 2 aromatic carbocycles. The summed E-state index contributed by atoms with van der Waals surface area (Å²) in [6, 6.07) is 13.1. The molecule has 0 bridgehead atoms. The predicted octanol–water partition coefficient (Wildman–Crippen LogP) is 5.90. The largest absolute Gasteiger partial charge is 0.436 e. The minimum Gasteiger partial charge on any atom is -0.436 e. The van der Waals surface area contributed by atoms with Crippen molar-refractivity contribution in [2.24, 2.45) is 10.7 Å². The number of rotatable bonds is 4. The van der Waals surface area contributed by atoms with Gasteiger partial charge in [-0.2, -0.15) is 0 Å². The molecule has 182 valence electrons. The zero-order valence-electron chi connectivity index (χ0n) is 19.2. The number of pyridine rings is 1. The molecule has 5 rings (SSSR count). The van der Waals surface area contributed by atoms with Crippen LogP contribution in [0.5, 0.6) is 11.6 Å². The van der Waals surface area contributed by atoms with Crippen LogP contribution in [0, 0.1) is 17.5 Å². The Kier molecular flexibility index (Phi) is 6.01. The highest BCUT2D eigenvalue weighted by atomic mass is 32.2. The maximum absolute atomic E-state index is 15.4. The van der Waals surface area contributed by atoms with Gasteiger partial charge >= 0.3 is 0 Å². The van der Waals surface area contributed by atoms with Gasteiger partial charge in [-0.05, 0) is 68.3 Å². The van der Waals surface area contributed by atoms with E-state index < -0.39 is 21.9 Å². The van der Waals surface area contributed by atoms with E-state index in [-0.39, 0.29) is 41.0 Å². The topological polar surface area (TPSA) is 69.7 Å². The number of hydrogen-bond donors (Lipinski definition) is 1. The number of nitrogens with two attached hydrogens (primary N) is 1. The Morgan fingerprint density at radius 2 is 1.83 bits per heavy atom. The van der Waals surface area contributed by atoms with E-state index in [0.29, 0.717) is 12.3 Å². The second-order valence-corrected chi connectivity index (χ2v) is 11.0. The highest BCUT2D eigenvalue weighted by Gasteiger charge is 2.53. The molecule has 1 fully saturated rings. The van der Waals surface area contributed by atoms with Crippen molar-refractivity contribution in [3.63, 3.8) is 0 Å². The van der Waals surface area contributed by atoms with Crippen LogP contribution < -0.4 is 10.5 Å². The summed E-state index contributed by atoms with van der Waals surface area (Å²) >= 11 is 1.61. The molecule has 5 nitrogen and oxygen atoms in total. The summed E-state index contributed by atoms with van der Waals surface area (Å²) in [6.07, 6.45) is 1.61. The van der Waals surface area contributed by atoms with Crippen molar-refractivity contribution in [2.75, 3.05) is 6.61 Å². The van der Waals surface area contributed by atoms with Crippen LogP contribution in [0.25, 0.3) is 0 Å². The lowest BCUT2D eigenvalue weighted by Gasteiger charge is -2.50. The van der Waals surface area contributed by atoms with Crippen LogP contribution in [0.15, 0.2) is 65.8 Å². The molecular formula is C26H24F3N3O2S. The van der Waals surface area contributed by atoms with Crippen LogP contribution >= 0.6 is 11.8 Å². The number of aromatic nitrogens is 1. The number of fused-ring (bicyclic) bond motifs is 1. The molecule has 0 aliphatic carbocycles. The van der Waals surface area contributed by atoms with E-state index in [9.17, 15) is 8.78 Å². The standard InChI is InChI=1S/C26H24F3N3O2S/c1-25(2)24(30)32-26(14-33-21(13-22(26)35-25)15-5-7-16(27)8-6-15)18-12-17(9-10-19(18)28)34-23-20(29)4-3-11-31-23/h3-12,21-22H,13-14H2,1-2H3,(H2,30,32)/t21-,22-,26-/m1/s1. The van der Waals surface area contributed by atoms with Gasteiger partial charge in [-0.25, -0.2) is 18.2 Å². The molecule has 0 saturated carbocycles. The maximum atomic E-state index is 15.4. The molecule has 0 radical (unpaired) electrons. The molecule has 0 amide bonds. The zero-order chi connectivity index (χ0) is 24.8. The minimum absolute atomic E-state index is 0.0574. The fourth-order valence-electron chi connectivity index (χ4n) is 4.47. The molecule has 2 aliphatic rings. The molecule has 1 aromatic heterocycles. The smallest absolute Gasteiger partial charge is 0.255 e. The average molecular weight is 500 g/mol. The second-order valence-electron chi connectivity index (χ2n) is 9.16. The third kappa shape index (κ3) is 4.38. The summed E-state index contributed by atoms with van der Waals surface area (Å²) < 4.78 is 54.3. The molecule has 9 heteroatoms. The highest BCUT2D eigenvalue weighted by molar-refractivity contribution is 8.02. The van der Waals surface area contributed by atoms with Crippen LogP contribution in [-0.2, 0) is 10.3 Å². The van der Waals surface area contributed by atoms with Gasteiger partial charge in [-0.15, -0.1) is 11.8 Å².